The minimum atomic E-state index is -0.313. The Labute approximate surface area is 133 Å². The standard InChI is InChI=1S/C16H14Cl2N2O/c17-11-7-12(18)9-13(8-11)19-15-6-5-10-3-1-2-4-14(10)20-16(15)21/h1-4,7-9,15,19H,5-6H2,(H,20,21). The molecule has 0 saturated heterocycles. The molecule has 0 spiro atoms. The Morgan fingerprint density at radius 1 is 1.10 bits per heavy atom. The van der Waals surface area contributed by atoms with E-state index in [1.54, 1.807) is 18.2 Å². The summed E-state index contributed by atoms with van der Waals surface area (Å²) in [7, 11) is 0. The minimum absolute atomic E-state index is 0.0453. The van der Waals surface area contributed by atoms with Crippen molar-refractivity contribution in [3.05, 3.63) is 58.1 Å². The molecular formula is C16H14Cl2N2O. The zero-order chi connectivity index (χ0) is 14.8. The zero-order valence-corrected chi connectivity index (χ0v) is 12.7. The number of benzene rings is 2. The summed E-state index contributed by atoms with van der Waals surface area (Å²) in [6.07, 6.45) is 1.55. The highest BCUT2D eigenvalue weighted by Crippen LogP contribution is 2.26. The van der Waals surface area contributed by atoms with E-state index in [2.05, 4.69) is 10.6 Å². The Hall–Kier alpha value is -1.71. The Bertz CT molecular complexity index is 667. The van der Waals surface area contributed by atoms with Crippen LogP contribution in [0.2, 0.25) is 10.0 Å². The number of aryl methyl sites for hydroxylation is 1. The van der Waals surface area contributed by atoms with Crippen molar-refractivity contribution in [1.82, 2.24) is 0 Å². The fraction of sp³-hybridized carbons (Fsp3) is 0.188. The molecule has 0 radical (unpaired) electrons. The highest BCUT2D eigenvalue weighted by atomic mass is 35.5. The topological polar surface area (TPSA) is 41.1 Å². The average Bonchev–Trinajstić information content (AvgIpc) is 2.58. The van der Waals surface area contributed by atoms with E-state index in [0.29, 0.717) is 16.5 Å². The Balaban J connectivity index is 1.79. The van der Waals surface area contributed by atoms with E-state index in [1.165, 1.54) is 0 Å². The number of carbonyl (C=O) groups excluding carboxylic acids is 1. The SMILES string of the molecule is O=C1Nc2ccccc2CCC1Nc1cc(Cl)cc(Cl)c1. The van der Waals surface area contributed by atoms with Crippen LogP contribution in [-0.2, 0) is 11.2 Å². The van der Waals surface area contributed by atoms with Crippen LogP contribution < -0.4 is 10.6 Å². The van der Waals surface area contributed by atoms with Crippen molar-refractivity contribution in [2.24, 2.45) is 0 Å². The summed E-state index contributed by atoms with van der Waals surface area (Å²) < 4.78 is 0. The molecule has 21 heavy (non-hydrogen) atoms. The van der Waals surface area contributed by atoms with Gasteiger partial charge in [0.05, 0.1) is 0 Å². The molecule has 0 aromatic heterocycles. The molecule has 1 aliphatic heterocycles. The summed E-state index contributed by atoms with van der Waals surface area (Å²) in [5, 5.41) is 7.25. The minimum Gasteiger partial charge on any atom is -0.374 e. The molecule has 2 N–H and O–H groups in total. The van der Waals surface area contributed by atoms with Gasteiger partial charge in [-0.1, -0.05) is 41.4 Å². The number of nitrogens with one attached hydrogen (secondary N) is 2. The quantitative estimate of drug-likeness (QED) is 0.863. The zero-order valence-electron chi connectivity index (χ0n) is 11.2. The predicted octanol–water partition coefficient (Wildman–Crippen LogP) is 4.36. The van der Waals surface area contributed by atoms with Gasteiger partial charge < -0.3 is 10.6 Å². The highest BCUT2D eigenvalue weighted by molar-refractivity contribution is 6.35. The van der Waals surface area contributed by atoms with Crippen LogP contribution in [0.4, 0.5) is 11.4 Å². The summed E-state index contributed by atoms with van der Waals surface area (Å²) in [5.41, 5.74) is 2.79. The molecule has 1 aliphatic rings. The van der Waals surface area contributed by atoms with Crippen LogP contribution in [0, 0.1) is 0 Å². The van der Waals surface area contributed by atoms with Gasteiger partial charge in [-0.25, -0.2) is 0 Å². The van der Waals surface area contributed by atoms with Crippen LogP contribution >= 0.6 is 23.2 Å². The molecule has 0 aliphatic carbocycles. The van der Waals surface area contributed by atoms with Crippen LogP contribution in [0.5, 0.6) is 0 Å². The molecule has 3 nitrogen and oxygen atoms in total. The number of amides is 1. The van der Waals surface area contributed by atoms with Gasteiger partial charge in [-0.3, -0.25) is 4.79 Å². The first-order chi connectivity index (χ1) is 10.1. The summed E-state index contributed by atoms with van der Waals surface area (Å²) in [6.45, 7) is 0. The predicted molar refractivity (Wildman–Crippen MR) is 87.3 cm³/mol. The van der Waals surface area contributed by atoms with E-state index < -0.39 is 0 Å². The third kappa shape index (κ3) is 3.31. The van der Waals surface area contributed by atoms with Gasteiger partial charge in [0, 0.05) is 21.4 Å². The number of halogens is 2. The molecule has 3 rings (SSSR count). The summed E-state index contributed by atoms with van der Waals surface area (Å²) in [6, 6.07) is 12.7. The van der Waals surface area contributed by atoms with Gasteiger partial charge in [0.2, 0.25) is 5.91 Å². The van der Waals surface area contributed by atoms with Crippen molar-refractivity contribution >= 4 is 40.5 Å². The molecule has 1 unspecified atom stereocenters. The lowest BCUT2D eigenvalue weighted by Gasteiger charge is -2.17. The van der Waals surface area contributed by atoms with E-state index >= 15 is 0 Å². The number of fused-ring (bicyclic) bond motifs is 1. The molecule has 1 heterocycles. The maximum atomic E-state index is 12.3. The molecule has 0 saturated carbocycles. The van der Waals surface area contributed by atoms with Crippen LogP contribution in [0.3, 0.4) is 0 Å². The van der Waals surface area contributed by atoms with Gasteiger partial charge in [-0.2, -0.15) is 0 Å². The van der Waals surface area contributed by atoms with E-state index in [9.17, 15) is 4.79 Å². The van der Waals surface area contributed by atoms with Crippen LogP contribution in [0.25, 0.3) is 0 Å². The van der Waals surface area contributed by atoms with Crippen molar-refractivity contribution in [1.29, 1.82) is 0 Å². The normalized spacial score (nSPS) is 17.6. The second kappa shape index (κ2) is 5.96. The molecule has 0 fully saturated rings. The molecule has 2 aromatic rings. The van der Waals surface area contributed by atoms with Crippen molar-refractivity contribution in [2.75, 3.05) is 10.6 Å². The molecule has 5 heteroatoms. The van der Waals surface area contributed by atoms with Gasteiger partial charge in [0.15, 0.2) is 0 Å². The number of para-hydroxylation sites is 1. The van der Waals surface area contributed by atoms with Crippen molar-refractivity contribution in [3.63, 3.8) is 0 Å². The third-order valence-electron chi connectivity index (χ3n) is 3.50. The van der Waals surface area contributed by atoms with Crippen molar-refractivity contribution in [2.45, 2.75) is 18.9 Å². The van der Waals surface area contributed by atoms with E-state index in [0.717, 1.165) is 23.4 Å². The van der Waals surface area contributed by atoms with Gasteiger partial charge in [-0.15, -0.1) is 0 Å². The molecule has 108 valence electrons. The number of hydrogen-bond acceptors (Lipinski definition) is 2. The fourth-order valence-corrected chi connectivity index (χ4v) is 3.01. The number of hydrogen-bond donors (Lipinski definition) is 2. The Morgan fingerprint density at radius 2 is 1.81 bits per heavy atom. The largest absolute Gasteiger partial charge is 0.374 e. The first-order valence-corrected chi connectivity index (χ1v) is 7.49. The number of carbonyl (C=O) groups is 1. The van der Waals surface area contributed by atoms with Gasteiger partial charge in [-0.05, 0) is 42.7 Å². The summed E-state index contributed by atoms with van der Waals surface area (Å²) in [4.78, 5) is 12.3. The highest BCUT2D eigenvalue weighted by Gasteiger charge is 2.23. The average molecular weight is 321 g/mol. The molecule has 1 amide bonds. The van der Waals surface area contributed by atoms with Crippen LogP contribution in [0.1, 0.15) is 12.0 Å². The molecular weight excluding hydrogens is 307 g/mol. The van der Waals surface area contributed by atoms with Gasteiger partial charge >= 0.3 is 0 Å². The maximum Gasteiger partial charge on any atom is 0.246 e. The van der Waals surface area contributed by atoms with Crippen molar-refractivity contribution < 1.29 is 4.79 Å². The third-order valence-corrected chi connectivity index (χ3v) is 3.93. The smallest absolute Gasteiger partial charge is 0.246 e. The Morgan fingerprint density at radius 3 is 2.57 bits per heavy atom. The second-order valence-electron chi connectivity index (χ2n) is 5.04. The van der Waals surface area contributed by atoms with Crippen LogP contribution in [0.15, 0.2) is 42.5 Å². The molecule has 1 atom stereocenters. The van der Waals surface area contributed by atoms with E-state index in [-0.39, 0.29) is 11.9 Å². The van der Waals surface area contributed by atoms with Crippen LogP contribution in [-0.4, -0.2) is 11.9 Å². The van der Waals surface area contributed by atoms with Gasteiger partial charge in [0.25, 0.3) is 0 Å². The monoisotopic (exact) mass is 320 g/mol. The lowest BCUT2D eigenvalue weighted by atomic mass is 10.1. The van der Waals surface area contributed by atoms with Crippen molar-refractivity contribution in [3.8, 4) is 0 Å². The number of anilines is 2. The summed E-state index contributed by atoms with van der Waals surface area (Å²) >= 11 is 12.0. The fourth-order valence-electron chi connectivity index (χ4n) is 2.49. The van der Waals surface area contributed by atoms with Gasteiger partial charge in [0.1, 0.15) is 6.04 Å². The van der Waals surface area contributed by atoms with E-state index in [1.807, 2.05) is 24.3 Å². The van der Waals surface area contributed by atoms with E-state index in [4.69, 9.17) is 23.2 Å². The summed E-state index contributed by atoms with van der Waals surface area (Å²) in [5.74, 6) is -0.0453. The maximum absolute atomic E-state index is 12.3. The second-order valence-corrected chi connectivity index (χ2v) is 5.91. The lowest BCUT2D eigenvalue weighted by Crippen LogP contribution is -2.33. The number of rotatable bonds is 2. The Kier molecular flexibility index (Phi) is 4.04. The molecule has 0 bridgehead atoms. The molecule has 2 aromatic carbocycles. The first kappa shape index (κ1) is 14.2. The lowest BCUT2D eigenvalue weighted by molar-refractivity contribution is -0.116. The first-order valence-electron chi connectivity index (χ1n) is 6.73.